The van der Waals surface area contributed by atoms with Crippen molar-refractivity contribution in [2.45, 2.75) is 12.5 Å². The van der Waals surface area contributed by atoms with E-state index in [1.54, 1.807) is 7.05 Å². The predicted molar refractivity (Wildman–Crippen MR) is 49.1 cm³/mol. The van der Waals surface area contributed by atoms with Crippen molar-refractivity contribution in [2.75, 3.05) is 25.1 Å². The van der Waals surface area contributed by atoms with Crippen LogP contribution in [0.4, 0.5) is 0 Å². The number of carbonyl (C=O) groups excluding carboxylic acids is 1. The third kappa shape index (κ3) is 3.31. The third-order valence-corrected chi connectivity index (χ3v) is 3.75. The van der Waals surface area contributed by atoms with Crippen molar-refractivity contribution in [2.24, 2.45) is 0 Å². The van der Waals surface area contributed by atoms with Gasteiger partial charge in [-0.25, -0.2) is 8.42 Å². The van der Waals surface area contributed by atoms with Crippen molar-refractivity contribution in [1.82, 2.24) is 10.6 Å². The van der Waals surface area contributed by atoms with Crippen LogP contribution in [0.15, 0.2) is 0 Å². The maximum absolute atomic E-state index is 11.2. The van der Waals surface area contributed by atoms with Gasteiger partial charge in [0, 0.05) is 26.1 Å². The summed E-state index contributed by atoms with van der Waals surface area (Å²) in [6.45, 7) is 0.448. The van der Waals surface area contributed by atoms with E-state index < -0.39 is 9.84 Å². The first kappa shape index (κ1) is 10.5. The highest BCUT2D eigenvalue weighted by atomic mass is 32.2. The Morgan fingerprint density at radius 2 is 2.31 bits per heavy atom. The number of carbonyl (C=O) groups is 1. The maximum atomic E-state index is 11.2. The fraction of sp³-hybridized carbons (Fsp3) is 0.857. The van der Waals surface area contributed by atoms with Gasteiger partial charge in [-0.1, -0.05) is 0 Å². The Morgan fingerprint density at radius 3 is 2.85 bits per heavy atom. The minimum absolute atomic E-state index is 0.0699. The molecule has 13 heavy (non-hydrogen) atoms. The monoisotopic (exact) mass is 206 g/mol. The zero-order valence-corrected chi connectivity index (χ0v) is 8.36. The van der Waals surface area contributed by atoms with Crippen LogP contribution in [0.1, 0.15) is 6.42 Å². The lowest BCUT2D eigenvalue weighted by atomic mass is 10.2. The maximum Gasteiger partial charge on any atom is 0.221 e. The molecule has 0 aromatic rings. The van der Waals surface area contributed by atoms with Crippen molar-refractivity contribution in [3.05, 3.63) is 0 Å². The summed E-state index contributed by atoms with van der Waals surface area (Å²) < 4.78 is 22.3. The Balaban J connectivity index is 2.48. The normalized spacial score (nSPS) is 26.7. The van der Waals surface area contributed by atoms with Crippen LogP contribution < -0.4 is 10.6 Å². The van der Waals surface area contributed by atoms with Crippen LogP contribution in [0.5, 0.6) is 0 Å². The van der Waals surface area contributed by atoms with Gasteiger partial charge >= 0.3 is 0 Å². The average Bonchev–Trinajstić information content (AvgIpc) is 2.02. The Labute approximate surface area is 77.8 Å². The average molecular weight is 206 g/mol. The predicted octanol–water partition coefficient (Wildman–Crippen LogP) is -1.49. The molecule has 0 spiro atoms. The van der Waals surface area contributed by atoms with E-state index in [1.165, 1.54) is 0 Å². The zero-order chi connectivity index (χ0) is 9.90. The standard InChI is InChI=1S/C7H14N2O3S/c1-8-7(10)4-6-5-13(11,12)3-2-9-6/h6,9H,2-5H2,1H3,(H,8,10)/t6-/m1/s1. The summed E-state index contributed by atoms with van der Waals surface area (Å²) in [6, 6.07) is -0.223. The number of amides is 1. The molecule has 6 heteroatoms. The summed E-state index contributed by atoms with van der Waals surface area (Å²) in [5.74, 6) is 0.118. The van der Waals surface area contributed by atoms with Crippen molar-refractivity contribution in [3.8, 4) is 0 Å². The zero-order valence-electron chi connectivity index (χ0n) is 7.54. The third-order valence-electron chi connectivity index (χ3n) is 2.01. The quantitative estimate of drug-likeness (QED) is 0.577. The second-order valence-electron chi connectivity index (χ2n) is 3.14. The second kappa shape index (κ2) is 4.06. The van der Waals surface area contributed by atoms with Crippen LogP contribution in [0, 0.1) is 0 Å². The highest BCUT2D eigenvalue weighted by Crippen LogP contribution is 2.04. The van der Waals surface area contributed by atoms with Crippen LogP contribution in [-0.2, 0) is 14.6 Å². The lowest BCUT2D eigenvalue weighted by Crippen LogP contribution is -2.47. The molecule has 1 fully saturated rings. The van der Waals surface area contributed by atoms with Crippen molar-refractivity contribution in [1.29, 1.82) is 0 Å². The van der Waals surface area contributed by atoms with Crippen LogP contribution in [0.3, 0.4) is 0 Å². The molecule has 0 aliphatic carbocycles. The fourth-order valence-electron chi connectivity index (χ4n) is 1.32. The first-order valence-corrected chi connectivity index (χ1v) is 6.00. The first-order chi connectivity index (χ1) is 6.03. The van der Waals surface area contributed by atoms with E-state index in [-0.39, 0.29) is 29.9 Å². The minimum Gasteiger partial charge on any atom is -0.359 e. The number of sulfone groups is 1. The minimum atomic E-state index is -2.93. The van der Waals surface area contributed by atoms with Crippen LogP contribution in [0.2, 0.25) is 0 Å². The lowest BCUT2D eigenvalue weighted by molar-refractivity contribution is -0.121. The lowest BCUT2D eigenvalue weighted by Gasteiger charge is -2.22. The highest BCUT2D eigenvalue weighted by Gasteiger charge is 2.25. The molecule has 0 radical (unpaired) electrons. The summed E-state index contributed by atoms with van der Waals surface area (Å²) in [7, 11) is -1.39. The van der Waals surface area contributed by atoms with E-state index in [4.69, 9.17) is 0 Å². The van der Waals surface area contributed by atoms with Gasteiger partial charge in [0.05, 0.1) is 11.5 Å². The summed E-state index contributed by atoms with van der Waals surface area (Å²) >= 11 is 0. The van der Waals surface area contributed by atoms with E-state index in [0.717, 1.165) is 0 Å². The number of hydrogen-bond donors (Lipinski definition) is 2. The van der Waals surface area contributed by atoms with Gasteiger partial charge in [-0.2, -0.15) is 0 Å². The molecule has 0 bridgehead atoms. The highest BCUT2D eigenvalue weighted by molar-refractivity contribution is 7.91. The molecule has 1 aliphatic rings. The van der Waals surface area contributed by atoms with Crippen molar-refractivity contribution in [3.63, 3.8) is 0 Å². The summed E-state index contributed by atoms with van der Waals surface area (Å²) in [6.07, 6.45) is 0.232. The van der Waals surface area contributed by atoms with E-state index in [1.807, 2.05) is 0 Å². The molecule has 1 aliphatic heterocycles. The molecule has 0 aromatic carbocycles. The van der Waals surface area contributed by atoms with E-state index in [0.29, 0.717) is 6.54 Å². The Morgan fingerprint density at radius 1 is 1.62 bits per heavy atom. The van der Waals surface area contributed by atoms with Gasteiger partial charge in [0.25, 0.3) is 0 Å². The molecular formula is C7H14N2O3S. The van der Waals surface area contributed by atoms with Gasteiger partial charge < -0.3 is 10.6 Å². The van der Waals surface area contributed by atoms with Gasteiger partial charge in [-0.3, -0.25) is 4.79 Å². The molecule has 0 unspecified atom stereocenters. The van der Waals surface area contributed by atoms with Crippen molar-refractivity contribution >= 4 is 15.7 Å². The Hall–Kier alpha value is -0.620. The molecule has 1 amide bonds. The molecule has 1 atom stereocenters. The summed E-state index contributed by atoms with van der Waals surface area (Å²) in [5.41, 5.74) is 0. The number of nitrogens with one attached hydrogen (secondary N) is 2. The van der Waals surface area contributed by atoms with Gasteiger partial charge in [-0.15, -0.1) is 0 Å². The van der Waals surface area contributed by atoms with E-state index >= 15 is 0 Å². The van der Waals surface area contributed by atoms with Gasteiger partial charge in [0.2, 0.25) is 5.91 Å². The molecule has 1 heterocycles. The molecule has 1 rings (SSSR count). The van der Waals surface area contributed by atoms with Gasteiger partial charge in [-0.05, 0) is 0 Å². The summed E-state index contributed by atoms with van der Waals surface area (Å²) in [4.78, 5) is 10.9. The molecule has 5 nitrogen and oxygen atoms in total. The van der Waals surface area contributed by atoms with Crippen LogP contribution in [0.25, 0.3) is 0 Å². The first-order valence-electron chi connectivity index (χ1n) is 4.18. The van der Waals surface area contributed by atoms with Crippen LogP contribution in [-0.4, -0.2) is 45.5 Å². The molecule has 0 saturated carbocycles. The molecular weight excluding hydrogens is 192 g/mol. The molecule has 76 valence electrons. The molecule has 2 N–H and O–H groups in total. The topological polar surface area (TPSA) is 75.3 Å². The van der Waals surface area contributed by atoms with Gasteiger partial charge in [0.15, 0.2) is 9.84 Å². The number of hydrogen-bond acceptors (Lipinski definition) is 4. The SMILES string of the molecule is CNC(=O)C[C@@H]1CS(=O)(=O)CCN1. The van der Waals surface area contributed by atoms with E-state index in [2.05, 4.69) is 10.6 Å². The molecule has 1 saturated heterocycles. The van der Waals surface area contributed by atoms with Crippen molar-refractivity contribution < 1.29 is 13.2 Å². The number of rotatable bonds is 2. The fourth-order valence-corrected chi connectivity index (χ4v) is 2.77. The smallest absolute Gasteiger partial charge is 0.221 e. The van der Waals surface area contributed by atoms with Crippen LogP contribution >= 0.6 is 0 Å². The summed E-state index contributed by atoms with van der Waals surface area (Å²) in [5, 5.41) is 5.47. The van der Waals surface area contributed by atoms with E-state index in [9.17, 15) is 13.2 Å². The Kier molecular flexibility index (Phi) is 3.27. The largest absolute Gasteiger partial charge is 0.359 e. The van der Waals surface area contributed by atoms with Gasteiger partial charge in [0.1, 0.15) is 0 Å². The second-order valence-corrected chi connectivity index (χ2v) is 5.37. The molecule has 0 aromatic heterocycles. The Bertz CT molecular complexity index is 286.